The van der Waals surface area contributed by atoms with Gasteiger partial charge in [-0.15, -0.1) is 0 Å². The van der Waals surface area contributed by atoms with Crippen LogP contribution in [0, 0.1) is 5.92 Å². The van der Waals surface area contributed by atoms with Crippen LogP contribution in [0.5, 0.6) is 0 Å². The van der Waals surface area contributed by atoms with Crippen LogP contribution in [0.15, 0.2) is 71.6 Å². The fourth-order valence-electron chi connectivity index (χ4n) is 4.03. The Morgan fingerprint density at radius 3 is 2.27 bits per heavy atom. The molecule has 0 aliphatic heterocycles. The molecule has 0 saturated carbocycles. The monoisotopic (exact) mass is 543 g/mol. The molecule has 37 heavy (non-hydrogen) atoms. The van der Waals surface area contributed by atoms with Gasteiger partial charge in [0.15, 0.2) is 0 Å². The summed E-state index contributed by atoms with van der Waals surface area (Å²) in [6.07, 6.45) is 0.362. The van der Waals surface area contributed by atoms with Crippen LogP contribution in [0.25, 0.3) is 10.8 Å². The topological polar surface area (TPSA) is 86.8 Å². The maximum Gasteiger partial charge on any atom is 0.243 e. The molecule has 0 saturated heterocycles. The lowest BCUT2D eigenvalue weighted by Crippen LogP contribution is -2.52. The first-order chi connectivity index (χ1) is 17.5. The molecule has 0 fully saturated rings. The van der Waals surface area contributed by atoms with Gasteiger partial charge in [0.2, 0.25) is 21.8 Å². The Labute approximate surface area is 224 Å². The van der Waals surface area contributed by atoms with Crippen LogP contribution >= 0.6 is 11.6 Å². The van der Waals surface area contributed by atoms with Crippen molar-refractivity contribution >= 4 is 44.2 Å². The molecule has 1 N–H and O–H groups in total. The summed E-state index contributed by atoms with van der Waals surface area (Å²) in [7, 11) is -2.58. The Hall–Kier alpha value is -2.94. The highest BCUT2D eigenvalue weighted by molar-refractivity contribution is 7.89. The molecule has 0 heterocycles. The normalized spacial score (nSPS) is 12.6. The van der Waals surface area contributed by atoms with E-state index >= 15 is 0 Å². The molecule has 7 nitrogen and oxygen atoms in total. The fourth-order valence-corrected chi connectivity index (χ4v) is 5.38. The molecule has 0 radical (unpaired) electrons. The quantitative estimate of drug-likeness (QED) is 0.380. The van der Waals surface area contributed by atoms with Gasteiger partial charge in [-0.1, -0.05) is 80.9 Å². The third kappa shape index (κ3) is 7.09. The van der Waals surface area contributed by atoms with Crippen LogP contribution < -0.4 is 5.32 Å². The van der Waals surface area contributed by atoms with Crippen LogP contribution in [0.4, 0.5) is 0 Å². The fraction of sp³-hybridized carbons (Fsp3) is 0.357. The highest BCUT2D eigenvalue weighted by Crippen LogP contribution is 2.23. The molecule has 3 rings (SSSR count). The molecule has 1 atom stereocenters. The van der Waals surface area contributed by atoms with Gasteiger partial charge in [-0.2, -0.15) is 4.31 Å². The minimum atomic E-state index is -3.95. The van der Waals surface area contributed by atoms with Crippen molar-refractivity contribution in [1.82, 2.24) is 14.5 Å². The van der Waals surface area contributed by atoms with E-state index in [1.54, 1.807) is 36.4 Å². The number of amides is 2. The zero-order chi connectivity index (χ0) is 27.2. The number of hydrogen-bond acceptors (Lipinski definition) is 4. The van der Waals surface area contributed by atoms with Crippen LogP contribution in [-0.4, -0.2) is 55.6 Å². The Balaban J connectivity index is 1.88. The highest BCUT2D eigenvalue weighted by Gasteiger charge is 2.32. The second-order valence-corrected chi connectivity index (χ2v) is 11.9. The van der Waals surface area contributed by atoms with E-state index in [1.165, 1.54) is 18.0 Å². The first-order valence-electron chi connectivity index (χ1n) is 12.3. The number of nitrogens with zero attached hydrogens (tertiary/aromatic N) is 2. The van der Waals surface area contributed by atoms with Gasteiger partial charge >= 0.3 is 0 Å². The van der Waals surface area contributed by atoms with Gasteiger partial charge in [-0.3, -0.25) is 9.59 Å². The number of carbonyl (C=O) groups excluding carboxylic acids is 2. The molecule has 0 spiro atoms. The van der Waals surface area contributed by atoms with Gasteiger partial charge in [0.1, 0.15) is 6.04 Å². The van der Waals surface area contributed by atoms with Gasteiger partial charge in [0.05, 0.1) is 11.4 Å². The summed E-state index contributed by atoms with van der Waals surface area (Å²) >= 11 is 6.36. The number of sulfonamides is 1. The number of hydrogen-bond donors (Lipinski definition) is 1. The third-order valence-corrected chi connectivity index (χ3v) is 8.32. The van der Waals surface area contributed by atoms with Crippen molar-refractivity contribution in [3.05, 3.63) is 77.3 Å². The predicted octanol–water partition coefficient (Wildman–Crippen LogP) is 4.69. The first-order valence-corrected chi connectivity index (χ1v) is 14.1. The average Bonchev–Trinajstić information content (AvgIpc) is 2.87. The van der Waals surface area contributed by atoms with Gasteiger partial charge in [-0.05, 0) is 46.9 Å². The maximum atomic E-state index is 13.6. The summed E-state index contributed by atoms with van der Waals surface area (Å²) in [5.74, 6) is -0.526. The summed E-state index contributed by atoms with van der Waals surface area (Å²) in [6, 6.07) is 18.7. The lowest BCUT2D eigenvalue weighted by Gasteiger charge is -2.32. The summed E-state index contributed by atoms with van der Waals surface area (Å²) in [5.41, 5.74) is 0.674. The van der Waals surface area contributed by atoms with Crippen LogP contribution in [0.2, 0.25) is 5.02 Å². The molecule has 198 valence electrons. The second-order valence-electron chi connectivity index (χ2n) is 9.45. The lowest BCUT2D eigenvalue weighted by molar-refractivity contribution is -0.141. The number of likely N-dealkylation sites (N-methyl/N-ethyl adjacent to an activating group) is 1. The van der Waals surface area contributed by atoms with E-state index in [9.17, 15) is 18.0 Å². The van der Waals surface area contributed by atoms with E-state index in [0.29, 0.717) is 23.6 Å². The van der Waals surface area contributed by atoms with Gasteiger partial charge in [0, 0.05) is 25.2 Å². The van der Waals surface area contributed by atoms with Crippen LogP contribution in [0.1, 0.15) is 32.8 Å². The van der Waals surface area contributed by atoms with Crippen molar-refractivity contribution < 1.29 is 18.0 Å². The number of fused-ring (bicyclic) bond motifs is 1. The molecule has 1 unspecified atom stereocenters. The second kappa shape index (κ2) is 12.5. The minimum Gasteiger partial charge on any atom is -0.354 e. The first kappa shape index (κ1) is 28.6. The largest absolute Gasteiger partial charge is 0.354 e. The summed E-state index contributed by atoms with van der Waals surface area (Å²) in [6.45, 7) is 5.92. The molecule has 2 amide bonds. The van der Waals surface area contributed by atoms with Gasteiger partial charge in [-0.25, -0.2) is 8.42 Å². The lowest BCUT2D eigenvalue weighted by atomic mass is 10.1. The van der Waals surface area contributed by atoms with Crippen molar-refractivity contribution in [3.8, 4) is 0 Å². The highest BCUT2D eigenvalue weighted by atomic mass is 35.5. The Morgan fingerprint density at radius 1 is 0.973 bits per heavy atom. The summed E-state index contributed by atoms with van der Waals surface area (Å²) in [4.78, 5) is 28.2. The van der Waals surface area contributed by atoms with Gasteiger partial charge in [0.25, 0.3) is 0 Å². The van der Waals surface area contributed by atoms with Crippen molar-refractivity contribution in [2.45, 2.75) is 44.7 Å². The molecule has 9 heteroatoms. The number of rotatable bonds is 11. The van der Waals surface area contributed by atoms with Crippen LogP contribution in [-0.2, 0) is 26.2 Å². The van der Waals surface area contributed by atoms with E-state index in [2.05, 4.69) is 5.32 Å². The Bertz CT molecular complexity index is 1360. The SMILES string of the molecule is CCC(C(=O)NCC(C)C)N(Cc1ccccc1Cl)C(=O)CN(C)S(=O)(=O)c1ccc2ccccc2c1. The number of nitrogens with one attached hydrogen (secondary N) is 1. The summed E-state index contributed by atoms with van der Waals surface area (Å²) in [5, 5.41) is 5.07. The molecule has 0 aliphatic rings. The average molecular weight is 544 g/mol. The molecule has 3 aromatic rings. The maximum absolute atomic E-state index is 13.6. The molecule has 3 aromatic carbocycles. The van der Waals surface area contributed by atoms with E-state index in [4.69, 9.17) is 11.6 Å². The van der Waals surface area contributed by atoms with Crippen LogP contribution in [0.3, 0.4) is 0 Å². The smallest absolute Gasteiger partial charge is 0.243 e. The molecule has 0 bridgehead atoms. The molecule has 0 aromatic heterocycles. The standard InChI is InChI=1S/C28H34ClN3O4S/c1-5-26(28(34)30-17-20(2)3)32(18-23-12-8-9-13-25(23)29)27(33)19-31(4)37(35,36)24-15-14-21-10-6-7-11-22(21)16-24/h6-16,20,26H,5,17-19H2,1-4H3,(H,30,34). The van der Waals surface area contributed by atoms with E-state index in [1.807, 2.05) is 45.0 Å². The van der Waals surface area contributed by atoms with E-state index in [-0.39, 0.29) is 23.3 Å². The summed E-state index contributed by atoms with van der Waals surface area (Å²) < 4.78 is 27.7. The van der Waals surface area contributed by atoms with Crippen molar-refractivity contribution in [3.63, 3.8) is 0 Å². The Morgan fingerprint density at radius 2 is 1.62 bits per heavy atom. The predicted molar refractivity (Wildman–Crippen MR) is 148 cm³/mol. The van der Waals surface area contributed by atoms with Crippen molar-refractivity contribution in [2.24, 2.45) is 5.92 Å². The number of benzene rings is 3. The van der Waals surface area contributed by atoms with Crippen molar-refractivity contribution in [1.29, 1.82) is 0 Å². The molecule has 0 aliphatic carbocycles. The minimum absolute atomic E-state index is 0.0793. The number of carbonyl (C=O) groups is 2. The van der Waals surface area contributed by atoms with E-state index in [0.717, 1.165) is 15.1 Å². The van der Waals surface area contributed by atoms with Crippen molar-refractivity contribution in [2.75, 3.05) is 20.1 Å². The van der Waals surface area contributed by atoms with E-state index < -0.39 is 28.5 Å². The Kier molecular flexibility index (Phi) is 9.70. The van der Waals surface area contributed by atoms with Gasteiger partial charge < -0.3 is 10.2 Å². The number of halogens is 1. The molecular formula is C28H34ClN3O4S. The molecular weight excluding hydrogens is 510 g/mol. The zero-order valence-electron chi connectivity index (χ0n) is 21.6. The third-order valence-electron chi connectivity index (χ3n) is 6.16. The zero-order valence-corrected chi connectivity index (χ0v) is 23.2.